The molecule has 0 radical (unpaired) electrons. The van der Waals surface area contributed by atoms with Gasteiger partial charge in [-0.3, -0.25) is 4.79 Å². The Hall–Kier alpha value is -0.810. The zero-order valence-corrected chi connectivity index (χ0v) is 10.3. The largest absolute Gasteiger partial charge is 0.417 e. The Labute approximate surface area is 107 Å². The molecule has 1 aromatic rings. The van der Waals surface area contributed by atoms with E-state index < -0.39 is 22.5 Å². The summed E-state index contributed by atoms with van der Waals surface area (Å²) in [5, 5.41) is 7.56. The Bertz CT molecular complexity index is 493. The van der Waals surface area contributed by atoms with Gasteiger partial charge in [0.15, 0.2) is 0 Å². The first-order valence-electron chi connectivity index (χ1n) is 3.78. The van der Waals surface area contributed by atoms with E-state index in [0.717, 1.165) is 12.1 Å². The molecular weight excluding hydrogens is 357 g/mol. The summed E-state index contributed by atoms with van der Waals surface area (Å²) in [7, 11) is 0. The number of carbonyl (C=O) groups excluding carboxylic acids is 1. The highest BCUT2D eigenvalue weighted by atomic mass is 127. The van der Waals surface area contributed by atoms with Gasteiger partial charge in [0.1, 0.15) is 0 Å². The lowest BCUT2D eigenvalue weighted by atomic mass is 10.1. The highest BCUT2D eigenvalue weighted by Crippen LogP contribution is 2.35. The first-order chi connectivity index (χ1) is 7.29. The molecule has 0 N–H and O–H groups in total. The van der Waals surface area contributed by atoms with Gasteiger partial charge in [-0.05, 0) is 46.3 Å². The molecular formula is C9H2ClF3INO. The summed E-state index contributed by atoms with van der Waals surface area (Å²) in [6, 6.07) is 3.30. The lowest BCUT2D eigenvalue weighted by molar-refractivity contribution is -0.138. The Balaban J connectivity index is 3.58. The molecule has 0 aliphatic rings. The minimum atomic E-state index is -4.58. The molecule has 0 amide bonds. The third kappa shape index (κ3) is 2.47. The number of nitrogens with zero attached hydrogens (tertiary/aromatic N) is 1. The van der Waals surface area contributed by atoms with Gasteiger partial charge in [-0.15, -0.1) is 0 Å². The normalized spacial score (nSPS) is 11.0. The van der Waals surface area contributed by atoms with Crippen molar-refractivity contribution < 1.29 is 18.0 Å². The average molecular weight is 359 g/mol. The quantitative estimate of drug-likeness (QED) is 0.568. The molecule has 0 spiro atoms. The van der Waals surface area contributed by atoms with Crippen molar-refractivity contribution >= 4 is 39.4 Å². The van der Waals surface area contributed by atoms with Crippen molar-refractivity contribution in [3.63, 3.8) is 0 Å². The Kier molecular flexibility index (Phi) is 3.80. The summed E-state index contributed by atoms with van der Waals surface area (Å²) in [5.41, 5.74) is -1.55. The molecule has 0 saturated heterocycles. The molecule has 84 valence electrons. The summed E-state index contributed by atoms with van der Waals surface area (Å²) in [6.07, 6.45) is -4.58. The second-order valence-corrected chi connectivity index (χ2v) is 4.15. The molecule has 0 heterocycles. The molecule has 2 nitrogen and oxygen atoms in total. The molecule has 1 aromatic carbocycles. The highest BCUT2D eigenvalue weighted by Gasteiger charge is 2.35. The van der Waals surface area contributed by atoms with Crippen molar-refractivity contribution in [2.45, 2.75) is 6.18 Å². The van der Waals surface area contributed by atoms with Crippen molar-refractivity contribution in [3.8, 4) is 6.07 Å². The molecule has 7 heteroatoms. The van der Waals surface area contributed by atoms with E-state index in [1.165, 1.54) is 22.6 Å². The first kappa shape index (κ1) is 13.3. The third-order valence-corrected chi connectivity index (χ3v) is 3.07. The second-order valence-electron chi connectivity index (χ2n) is 2.73. The number of carbonyl (C=O) groups is 1. The van der Waals surface area contributed by atoms with Gasteiger partial charge in [0.2, 0.25) is 0 Å². The van der Waals surface area contributed by atoms with Crippen LogP contribution in [0.5, 0.6) is 0 Å². The molecule has 0 fully saturated rings. The van der Waals surface area contributed by atoms with Crippen LogP contribution in [0.4, 0.5) is 13.2 Å². The molecule has 0 unspecified atom stereocenters. The predicted molar refractivity (Wildman–Crippen MR) is 59.1 cm³/mol. The van der Waals surface area contributed by atoms with E-state index in [1.54, 1.807) is 6.07 Å². The number of hydrogen-bond donors (Lipinski definition) is 0. The third-order valence-electron chi connectivity index (χ3n) is 1.76. The van der Waals surface area contributed by atoms with Gasteiger partial charge < -0.3 is 0 Å². The van der Waals surface area contributed by atoms with Crippen LogP contribution >= 0.6 is 34.2 Å². The van der Waals surface area contributed by atoms with E-state index in [9.17, 15) is 18.0 Å². The fourth-order valence-electron chi connectivity index (χ4n) is 1.08. The van der Waals surface area contributed by atoms with Gasteiger partial charge in [0.05, 0.1) is 22.8 Å². The molecule has 0 aliphatic heterocycles. The fraction of sp³-hybridized carbons (Fsp3) is 0.111. The van der Waals surface area contributed by atoms with Crippen LogP contribution in [-0.2, 0) is 6.18 Å². The smallest absolute Gasteiger partial charge is 0.276 e. The van der Waals surface area contributed by atoms with Gasteiger partial charge in [-0.2, -0.15) is 18.4 Å². The van der Waals surface area contributed by atoms with Crippen molar-refractivity contribution in [1.29, 1.82) is 5.26 Å². The van der Waals surface area contributed by atoms with E-state index in [-0.39, 0.29) is 9.13 Å². The SMILES string of the molecule is N#Cc1ccc(C(F)(F)F)c(I)c1C(=O)Cl. The van der Waals surface area contributed by atoms with Crippen LogP contribution in [0.1, 0.15) is 21.5 Å². The molecule has 0 bridgehead atoms. The van der Waals surface area contributed by atoms with Gasteiger partial charge in [-0.1, -0.05) is 0 Å². The molecule has 0 saturated carbocycles. The van der Waals surface area contributed by atoms with Gasteiger partial charge in [0.25, 0.3) is 5.24 Å². The molecule has 0 atom stereocenters. The van der Waals surface area contributed by atoms with Gasteiger partial charge >= 0.3 is 6.18 Å². The molecule has 16 heavy (non-hydrogen) atoms. The van der Waals surface area contributed by atoms with Crippen LogP contribution < -0.4 is 0 Å². The summed E-state index contributed by atoms with van der Waals surface area (Å²) >= 11 is 6.51. The van der Waals surface area contributed by atoms with E-state index in [4.69, 9.17) is 16.9 Å². The van der Waals surface area contributed by atoms with Crippen molar-refractivity contribution in [3.05, 3.63) is 32.4 Å². The van der Waals surface area contributed by atoms with E-state index in [1.807, 2.05) is 0 Å². The minimum Gasteiger partial charge on any atom is -0.276 e. The Morgan fingerprint density at radius 3 is 2.38 bits per heavy atom. The van der Waals surface area contributed by atoms with Crippen LogP contribution in [-0.4, -0.2) is 5.24 Å². The van der Waals surface area contributed by atoms with E-state index >= 15 is 0 Å². The van der Waals surface area contributed by atoms with E-state index in [0.29, 0.717) is 0 Å². The highest BCUT2D eigenvalue weighted by molar-refractivity contribution is 14.1. The zero-order chi connectivity index (χ0) is 12.5. The standard InChI is InChI=1S/C9H2ClF3INO/c10-8(16)6-4(3-15)1-2-5(7(6)14)9(11,12)13/h1-2H. The Morgan fingerprint density at radius 2 is 2.00 bits per heavy atom. The number of rotatable bonds is 1. The fourth-order valence-corrected chi connectivity index (χ4v) is 2.46. The second kappa shape index (κ2) is 4.59. The average Bonchev–Trinajstić information content (AvgIpc) is 2.14. The van der Waals surface area contributed by atoms with Crippen LogP contribution in [0.3, 0.4) is 0 Å². The number of benzene rings is 1. The van der Waals surface area contributed by atoms with E-state index in [2.05, 4.69) is 0 Å². The lowest BCUT2D eigenvalue weighted by Gasteiger charge is -2.11. The summed E-state index contributed by atoms with van der Waals surface area (Å²) in [6.45, 7) is 0. The predicted octanol–water partition coefficient (Wildman–Crippen LogP) is 3.56. The number of alkyl halides is 3. The maximum atomic E-state index is 12.5. The van der Waals surface area contributed by atoms with Crippen molar-refractivity contribution in [2.24, 2.45) is 0 Å². The van der Waals surface area contributed by atoms with Crippen LogP contribution in [0.2, 0.25) is 0 Å². The zero-order valence-electron chi connectivity index (χ0n) is 7.40. The maximum Gasteiger partial charge on any atom is 0.417 e. The number of nitriles is 1. The lowest BCUT2D eigenvalue weighted by Crippen LogP contribution is -2.11. The maximum absolute atomic E-state index is 12.5. The molecule has 0 aromatic heterocycles. The number of halogens is 5. The van der Waals surface area contributed by atoms with Crippen molar-refractivity contribution in [2.75, 3.05) is 0 Å². The Morgan fingerprint density at radius 1 is 1.44 bits per heavy atom. The monoisotopic (exact) mass is 359 g/mol. The van der Waals surface area contributed by atoms with Gasteiger partial charge in [-0.25, -0.2) is 0 Å². The first-order valence-corrected chi connectivity index (χ1v) is 5.24. The molecule has 1 rings (SSSR count). The van der Waals surface area contributed by atoms with Crippen molar-refractivity contribution in [1.82, 2.24) is 0 Å². The van der Waals surface area contributed by atoms with Crippen LogP contribution in [0, 0.1) is 14.9 Å². The number of hydrogen-bond acceptors (Lipinski definition) is 2. The topological polar surface area (TPSA) is 40.9 Å². The summed E-state index contributed by atoms with van der Waals surface area (Å²) < 4.78 is 37.1. The van der Waals surface area contributed by atoms with Crippen LogP contribution in [0.15, 0.2) is 12.1 Å². The summed E-state index contributed by atoms with van der Waals surface area (Å²) in [4.78, 5) is 11.0. The summed E-state index contributed by atoms with van der Waals surface area (Å²) in [5.74, 6) is 0. The molecule has 0 aliphatic carbocycles. The minimum absolute atomic E-state index is 0.169. The van der Waals surface area contributed by atoms with Gasteiger partial charge in [0, 0.05) is 3.57 Å². The van der Waals surface area contributed by atoms with Crippen LogP contribution in [0.25, 0.3) is 0 Å².